The van der Waals surface area contributed by atoms with Crippen LogP contribution in [0.2, 0.25) is 10.0 Å². The smallest absolute Gasteiger partial charge is 0.301 e. The van der Waals surface area contributed by atoms with Gasteiger partial charge in [0, 0.05) is 22.0 Å². The Labute approximate surface area is 220 Å². The van der Waals surface area contributed by atoms with Crippen molar-refractivity contribution in [2.75, 3.05) is 4.90 Å². The van der Waals surface area contributed by atoms with E-state index in [0.29, 0.717) is 38.2 Å². The first-order chi connectivity index (χ1) is 17.3. The summed E-state index contributed by atoms with van der Waals surface area (Å²) in [4.78, 5) is 32.8. The fraction of sp³-hybridized carbons (Fsp3) is 0.148. The van der Waals surface area contributed by atoms with Gasteiger partial charge in [-0.3, -0.25) is 14.5 Å². The van der Waals surface area contributed by atoms with Crippen LogP contribution < -0.4 is 9.64 Å². The summed E-state index contributed by atoms with van der Waals surface area (Å²) in [5.74, 6) is -1.07. The molecule has 2 atom stereocenters. The lowest BCUT2D eigenvalue weighted by Gasteiger charge is -2.23. The number of aliphatic hydroxyl groups is 1. The number of hydrogen-bond acceptors (Lipinski definition) is 6. The number of carbonyl (C=O) groups is 2. The zero-order valence-electron chi connectivity index (χ0n) is 18.9. The summed E-state index contributed by atoms with van der Waals surface area (Å²) in [7, 11) is 0. The van der Waals surface area contributed by atoms with E-state index >= 15 is 0 Å². The average Bonchev–Trinajstić information content (AvgIpc) is 3.50. The van der Waals surface area contributed by atoms with Crippen molar-refractivity contribution < 1.29 is 19.4 Å². The first kappa shape index (κ1) is 23.0. The Morgan fingerprint density at radius 1 is 1.08 bits per heavy atom. The predicted molar refractivity (Wildman–Crippen MR) is 141 cm³/mol. The molecule has 9 heteroatoms. The first-order valence-electron chi connectivity index (χ1n) is 11.2. The van der Waals surface area contributed by atoms with E-state index in [2.05, 4.69) is 4.98 Å². The third-order valence-corrected chi connectivity index (χ3v) is 7.81. The highest BCUT2D eigenvalue weighted by Crippen LogP contribution is 2.45. The number of aromatic nitrogens is 1. The van der Waals surface area contributed by atoms with Crippen molar-refractivity contribution in [3.8, 4) is 5.75 Å². The van der Waals surface area contributed by atoms with Gasteiger partial charge in [0.15, 0.2) is 5.13 Å². The van der Waals surface area contributed by atoms with Crippen molar-refractivity contribution in [3.05, 3.63) is 93.0 Å². The molecule has 36 heavy (non-hydrogen) atoms. The minimum absolute atomic E-state index is 0.0218. The summed E-state index contributed by atoms with van der Waals surface area (Å²) in [6, 6.07) is 16.5. The van der Waals surface area contributed by atoms with Gasteiger partial charge >= 0.3 is 5.91 Å². The van der Waals surface area contributed by atoms with Crippen molar-refractivity contribution in [2.45, 2.75) is 25.5 Å². The van der Waals surface area contributed by atoms with E-state index in [1.807, 2.05) is 6.92 Å². The molecule has 0 spiro atoms. The van der Waals surface area contributed by atoms with Crippen molar-refractivity contribution in [1.82, 2.24) is 4.98 Å². The minimum atomic E-state index is -0.914. The molecule has 0 aliphatic carbocycles. The molecule has 0 radical (unpaired) electrons. The lowest BCUT2D eigenvalue weighted by Crippen LogP contribution is -2.29. The number of rotatable bonds is 3. The lowest BCUT2D eigenvalue weighted by atomic mass is 9.94. The van der Waals surface area contributed by atoms with E-state index in [1.165, 1.54) is 16.2 Å². The van der Waals surface area contributed by atoms with E-state index < -0.39 is 17.7 Å². The molecular formula is C27H18Cl2N2O4S. The number of ketones is 1. The Balaban J connectivity index is 1.54. The monoisotopic (exact) mass is 536 g/mol. The van der Waals surface area contributed by atoms with Gasteiger partial charge in [0.1, 0.15) is 17.6 Å². The zero-order chi connectivity index (χ0) is 25.1. The summed E-state index contributed by atoms with van der Waals surface area (Å²) in [6.45, 7) is 1.97. The van der Waals surface area contributed by atoms with Crippen LogP contribution >= 0.6 is 34.5 Å². The van der Waals surface area contributed by atoms with Crippen molar-refractivity contribution >= 4 is 67.3 Å². The number of thiazole rings is 1. The van der Waals surface area contributed by atoms with E-state index in [1.54, 1.807) is 60.7 Å². The molecule has 0 saturated carbocycles. The fourth-order valence-electron chi connectivity index (χ4n) is 4.74. The number of amides is 1. The number of nitrogens with zero attached hydrogens (tertiary/aromatic N) is 2. The Hall–Kier alpha value is -3.39. The van der Waals surface area contributed by atoms with Crippen LogP contribution in [0.4, 0.5) is 5.13 Å². The second-order valence-electron chi connectivity index (χ2n) is 8.79. The van der Waals surface area contributed by atoms with E-state index in [4.69, 9.17) is 27.9 Å². The van der Waals surface area contributed by atoms with E-state index in [9.17, 15) is 14.7 Å². The molecule has 6 nitrogen and oxygen atoms in total. The van der Waals surface area contributed by atoms with Gasteiger partial charge in [0.05, 0.1) is 21.8 Å². The Kier molecular flexibility index (Phi) is 5.52. The van der Waals surface area contributed by atoms with Crippen molar-refractivity contribution in [3.63, 3.8) is 0 Å². The van der Waals surface area contributed by atoms with Crippen LogP contribution in [0.1, 0.15) is 29.7 Å². The Bertz CT molecular complexity index is 1610. The number of benzene rings is 3. The quantitative estimate of drug-likeness (QED) is 0.182. The number of carbonyl (C=O) groups excluding carboxylic acids is 2. The molecule has 0 bridgehead atoms. The SMILES string of the molecule is C[C@@H]1Cc2cc(/C(O)=C3\C(=O)C(=O)N(c4nc5ccc(Cl)cc5s4)[C@H]3c3cccc(Cl)c3)ccc2O1. The summed E-state index contributed by atoms with van der Waals surface area (Å²) in [5, 5.41) is 12.7. The second-order valence-corrected chi connectivity index (χ2v) is 10.7. The number of Topliss-reactive ketones (excluding diaryl/α,β-unsaturated/α-hetero) is 1. The third-order valence-electron chi connectivity index (χ3n) is 6.32. The van der Waals surface area contributed by atoms with Gasteiger partial charge in [-0.05, 0) is 66.6 Å². The molecule has 1 amide bonds. The van der Waals surface area contributed by atoms with Gasteiger partial charge in [-0.25, -0.2) is 4.98 Å². The number of hydrogen-bond donors (Lipinski definition) is 1. The van der Waals surface area contributed by atoms with Crippen LogP contribution in [0.15, 0.2) is 66.2 Å². The van der Waals surface area contributed by atoms with Gasteiger partial charge in [0.25, 0.3) is 5.78 Å². The third kappa shape index (κ3) is 3.75. The molecule has 1 fully saturated rings. The molecule has 6 rings (SSSR count). The average molecular weight is 537 g/mol. The zero-order valence-corrected chi connectivity index (χ0v) is 21.2. The number of ether oxygens (including phenoxy) is 1. The molecule has 1 saturated heterocycles. The summed E-state index contributed by atoms with van der Waals surface area (Å²) >= 11 is 13.7. The first-order valence-corrected chi connectivity index (χ1v) is 12.8. The Morgan fingerprint density at radius 3 is 2.69 bits per heavy atom. The topological polar surface area (TPSA) is 79.7 Å². The highest BCUT2D eigenvalue weighted by Gasteiger charge is 2.48. The molecule has 180 valence electrons. The van der Waals surface area contributed by atoms with E-state index in [-0.39, 0.29) is 17.4 Å². The van der Waals surface area contributed by atoms with E-state index in [0.717, 1.165) is 16.0 Å². The number of anilines is 1. The lowest BCUT2D eigenvalue weighted by molar-refractivity contribution is -0.132. The second kappa shape index (κ2) is 8.62. The maximum atomic E-state index is 13.4. The molecule has 1 aromatic heterocycles. The van der Waals surface area contributed by atoms with Crippen LogP contribution in [0, 0.1) is 0 Å². The maximum Gasteiger partial charge on any atom is 0.301 e. The minimum Gasteiger partial charge on any atom is -0.507 e. The summed E-state index contributed by atoms with van der Waals surface area (Å²) in [6.07, 6.45) is 0.721. The number of aliphatic hydroxyl groups excluding tert-OH is 1. The van der Waals surface area contributed by atoms with Gasteiger partial charge < -0.3 is 9.84 Å². The van der Waals surface area contributed by atoms with Gasteiger partial charge in [-0.15, -0.1) is 0 Å². The largest absolute Gasteiger partial charge is 0.507 e. The maximum absolute atomic E-state index is 13.4. The van der Waals surface area contributed by atoms with Crippen LogP contribution in [0.5, 0.6) is 5.75 Å². The fourth-order valence-corrected chi connectivity index (χ4v) is 6.20. The Morgan fingerprint density at radius 2 is 1.89 bits per heavy atom. The van der Waals surface area contributed by atoms with Gasteiger partial charge in [-0.1, -0.05) is 46.7 Å². The number of halogens is 2. The molecule has 2 aliphatic heterocycles. The van der Waals surface area contributed by atoms with Crippen LogP contribution in [-0.4, -0.2) is 27.9 Å². The highest BCUT2D eigenvalue weighted by molar-refractivity contribution is 7.22. The van der Waals surface area contributed by atoms with Crippen molar-refractivity contribution in [1.29, 1.82) is 0 Å². The molecule has 0 unspecified atom stereocenters. The van der Waals surface area contributed by atoms with Crippen LogP contribution in [0.25, 0.3) is 16.0 Å². The normalized spacial score (nSPS) is 20.7. The molecule has 3 aromatic carbocycles. The summed E-state index contributed by atoms with van der Waals surface area (Å²) in [5.41, 5.74) is 2.58. The van der Waals surface area contributed by atoms with Crippen LogP contribution in [-0.2, 0) is 16.0 Å². The van der Waals surface area contributed by atoms with Crippen LogP contribution in [0.3, 0.4) is 0 Å². The van der Waals surface area contributed by atoms with Crippen molar-refractivity contribution in [2.24, 2.45) is 0 Å². The number of fused-ring (bicyclic) bond motifs is 2. The van der Waals surface area contributed by atoms with Gasteiger partial charge in [0.2, 0.25) is 0 Å². The standard InChI is InChI=1S/C27H18Cl2N2O4S/c1-13-9-16-10-15(5-8-20(16)35-13)24(32)22-23(14-3-2-4-17(28)11-14)31(26(34)25(22)33)27-30-19-7-6-18(29)12-21(19)36-27/h2-8,10-13,23,32H,9H2,1H3/b24-22+/t13-,23+/m1/s1. The predicted octanol–water partition coefficient (Wildman–Crippen LogP) is 6.55. The molecule has 2 aliphatic rings. The summed E-state index contributed by atoms with van der Waals surface area (Å²) < 4.78 is 6.54. The van der Waals surface area contributed by atoms with Gasteiger partial charge in [-0.2, -0.15) is 0 Å². The molecule has 1 N–H and O–H groups in total. The highest BCUT2D eigenvalue weighted by atomic mass is 35.5. The molecule has 4 aromatic rings. The molecule has 3 heterocycles. The molecular weight excluding hydrogens is 519 g/mol.